The quantitative estimate of drug-likeness (QED) is 0.684. The molecule has 1 aliphatic rings. The molecule has 24 heavy (non-hydrogen) atoms. The van der Waals surface area contributed by atoms with E-state index >= 15 is 0 Å². The van der Waals surface area contributed by atoms with Gasteiger partial charge in [0.05, 0.1) is 7.11 Å². The Bertz CT molecular complexity index is 487. The lowest BCUT2D eigenvalue weighted by atomic mass is 10.1. The van der Waals surface area contributed by atoms with Gasteiger partial charge >= 0.3 is 0 Å². The number of methoxy groups -OCH3 is 1. The monoisotopic (exact) mass is 332 g/mol. The number of carbonyl (C=O) groups is 1. The Labute approximate surface area is 146 Å². The van der Waals surface area contributed by atoms with E-state index in [0.717, 1.165) is 44.8 Å². The van der Waals surface area contributed by atoms with E-state index < -0.39 is 0 Å². The molecular formula is C20H32N2O2. The molecule has 1 saturated heterocycles. The van der Waals surface area contributed by atoms with Crippen LogP contribution in [0.3, 0.4) is 0 Å². The number of benzene rings is 1. The Morgan fingerprint density at radius 3 is 2.58 bits per heavy atom. The average molecular weight is 332 g/mol. The second kappa shape index (κ2) is 10.3. The highest BCUT2D eigenvalue weighted by molar-refractivity contribution is 5.76. The smallest absolute Gasteiger partial charge is 0.222 e. The minimum absolute atomic E-state index is 0.293. The van der Waals surface area contributed by atoms with Gasteiger partial charge in [-0.15, -0.1) is 0 Å². The molecule has 0 aliphatic carbocycles. The third kappa shape index (κ3) is 6.16. The van der Waals surface area contributed by atoms with Crippen LogP contribution in [0, 0.1) is 0 Å². The van der Waals surface area contributed by atoms with Gasteiger partial charge in [-0.25, -0.2) is 0 Å². The van der Waals surface area contributed by atoms with E-state index in [0.29, 0.717) is 12.3 Å². The minimum Gasteiger partial charge on any atom is -0.497 e. The van der Waals surface area contributed by atoms with Gasteiger partial charge in [-0.1, -0.05) is 31.9 Å². The normalized spacial score (nSPS) is 16.0. The van der Waals surface area contributed by atoms with Crippen LogP contribution in [0.4, 0.5) is 0 Å². The third-order valence-corrected chi connectivity index (χ3v) is 4.81. The Kier molecular flexibility index (Phi) is 8.10. The van der Waals surface area contributed by atoms with E-state index in [1.807, 2.05) is 24.3 Å². The number of amides is 1. The molecule has 4 heteroatoms. The number of ether oxygens (including phenoxy) is 1. The first-order valence-electron chi connectivity index (χ1n) is 9.36. The molecule has 1 amide bonds. The van der Waals surface area contributed by atoms with Crippen molar-refractivity contribution >= 4 is 5.91 Å². The second-order valence-electron chi connectivity index (χ2n) is 6.63. The lowest BCUT2D eigenvalue weighted by Crippen LogP contribution is -2.35. The van der Waals surface area contributed by atoms with E-state index in [1.54, 1.807) is 7.11 Å². The van der Waals surface area contributed by atoms with Crippen LogP contribution in [0.15, 0.2) is 24.3 Å². The summed E-state index contributed by atoms with van der Waals surface area (Å²) in [7, 11) is 1.67. The van der Waals surface area contributed by atoms with E-state index in [9.17, 15) is 4.79 Å². The summed E-state index contributed by atoms with van der Waals surface area (Å²) in [5.74, 6) is 1.15. The Balaban J connectivity index is 1.73. The van der Waals surface area contributed by atoms with Crippen LogP contribution in [-0.2, 0) is 11.2 Å². The van der Waals surface area contributed by atoms with Gasteiger partial charge in [0.1, 0.15) is 5.75 Å². The molecule has 1 aromatic rings. The van der Waals surface area contributed by atoms with Crippen molar-refractivity contribution in [2.45, 2.75) is 45.4 Å². The van der Waals surface area contributed by atoms with Crippen molar-refractivity contribution in [3.05, 3.63) is 29.8 Å². The second-order valence-corrected chi connectivity index (χ2v) is 6.63. The fraction of sp³-hybridized carbons (Fsp3) is 0.650. The van der Waals surface area contributed by atoms with Crippen LogP contribution < -0.4 is 4.74 Å². The maximum absolute atomic E-state index is 12.5. The Morgan fingerprint density at radius 1 is 1.08 bits per heavy atom. The molecule has 0 spiro atoms. The Hall–Kier alpha value is -1.55. The molecule has 1 fully saturated rings. The van der Waals surface area contributed by atoms with E-state index in [1.165, 1.54) is 31.4 Å². The van der Waals surface area contributed by atoms with E-state index in [-0.39, 0.29) is 0 Å². The largest absolute Gasteiger partial charge is 0.497 e. The van der Waals surface area contributed by atoms with Crippen molar-refractivity contribution in [3.63, 3.8) is 0 Å². The fourth-order valence-corrected chi connectivity index (χ4v) is 3.23. The number of carbonyl (C=O) groups excluding carboxylic acids is 1. The highest BCUT2D eigenvalue weighted by atomic mass is 16.5. The first kappa shape index (κ1) is 18.8. The molecule has 0 N–H and O–H groups in total. The summed E-state index contributed by atoms with van der Waals surface area (Å²) in [5.41, 5.74) is 1.19. The molecule has 0 atom stereocenters. The highest BCUT2D eigenvalue weighted by Crippen LogP contribution is 2.14. The SMILES string of the molecule is CCCCCN1CCCN(C(=O)CCc2ccc(OC)cc2)CC1. The third-order valence-electron chi connectivity index (χ3n) is 4.81. The van der Waals surface area contributed by atoms with Crippen molar-refractivity contribution in [2.24, 2.45) is 0 Å². The number of nitrogens with zero attached hydrogens (tertiary/aromatic N) is 2. The van der Waals surface area contributed by atoms with Crippen LogP contribution in [0.1, 0.15) is 44.6 Å². The predicted molar refractivity (Wildman–Crippen MR) is 98.5 cm³/mol. The van der Waals surface area contributed by atoms with Crippen molar-refractivity contribution in [2.75, 3.05) is 39.8 Å². The van der Waals surface area contributed by atoms with Crippen LogP contribution in [0.5, 0.6) is 5.75 Å². The van der Waals surface area contributed by atoms with Gasteiger partial charge < -0.3 is 14.5 Å². The van der Waals surface area contributed by atoms with Crippen molar-refractivity contribution < 1.29 is 9.53 Å². The van der Waals surface area contributed by atoms with Gasteiger partial charge in [-0.05, 0) is 50.0 Å². The maximum Gasteiger partial charge on any atom is 0.222 e. The fourth-order valence-electron chi connectivity index (χ4n) is 3.23. The first-order valence-corrected chi connectivity index (χ1v) is 9.36. The molecule has 0 bridgehead atoms. The average Bonchev–Trinajstić information content (AvgIpc) is 2.86. The van der Waals surface area contributed by atoms with Crippen molar-refractivity contribution in [3.8, 4) is 5.75 Å². The molecule has 1 heterocycles. The molecule has 0 radical (unpaired) electrons. The van der Waals surface area contributed by atoms with Crippen molar-refractivity contribution in [1.29, 1.82) is 0 Å². The molecule has 4 nitrogen and oxygen atoms in total. The van der Waals surface area contributed by atoms with Gasteiger partial charge in [0, 0.05) is 26.1 Å². The molecule has 0 aromatic heterocycles. The predicted octanol–water partition coefficient (Wildman–Crippen LogP) is 3.35. The van der Waals surface area contributed by atoms with Gasteiger partial charge in [0.2, 0.25) is 5.91 Å². The van der Waals surface area contributed by atoms with E-state index in [2.05, 4.69) is 16.7 Å². The summed E-state index contributed by atoms with van der Waals surface area (Å²) in [5, 5.41) is 0. The van der Waals surface area contributed by atoms with E-state index in [4.69, 9.17) is 4.74 Å². The summed E-state index contributed by atoms with van der Waals surface area (Å²) in [6.07, 6.45) is 6.36. The van der Waals surface area contributed by atoms with Crippen LogP contribution in [0.2, 0.25) is 0 Å². The Morgan fingerprint density at radius 2 is 1.88 bits per heavy atom. The lowest BCUT2D eigenvalue weighted by Gasteiger charge is -2.22. The van der Waals surface area contributed by atoms with Crippen LogP contribution in [0.25, 0.3) is 0 Å². The number of rotatable bonds is 8. The first-order chi connectivity index (χ1) is 11.7. The number of unbranched alkanes of at least 4 members (excludes halogenated alkanes) is 2. The highest BCUT2D eigenvalue weighted by Gasteiger charge is 2.18. The zero-order chi connectivity index (χ0) is 17.2. The number of hydrogen-bond acceptors (Lipinski definition) is 3. The van der Waals surface area contributed by atoms with Gasteiger partial charge in [0.15, 0.2) is 0 Å². The van der Waals surface area contributed by atoms with Crippen LogP contribution >= 0.6 is 0 Å². The molecular weight excluding hydrogens is 300 g/mol. The zero-order valence-electron chi connectivity index (χ0n) is 15.3. The summed E-state index contributed by atoms with van der Waals surface area (Å²) in [6.45, 7) is 7.37. The molecule has 2 rings (SSSR count). The topological polar surface area (TPSA) is 32.8 Å². The zero-order valence-corrected chi connectivity index (χ0v) is 15.3. The van der Waals surface area contributed by atoms with Gasteiger partial charge in [-0.2, -0.15) is 0 Å². The number of aryl methyl sites for hydroxylation is 1. The summed E-state index contributed by atoms with van der Waals surface area (Å²) < 4.78 is 5.17. The molecule has 1 aliphatic heterocycles. The maximum atomic E-state index is 12.5. The van der Waals surface area contributed by atoms with Gasteiger partial charge in [0.25, 0.3) is 0 Å². The molecule has 0 unspecified atom stereocenters. The summed E-state index contributed by atoms with van der Waals surface area (Å²) in [6, 6.07) is 8.01. The molecule has 134 valence electrons. The lowest BCUT2D eigenvalue weighted by molar-refractivity contribution is -0.131. The summed E-state index contributed by atoms with van der Waals surface area (Å²) in [4.78, 5) is 17.1. The minimum atomic E-state index is 0.293. The molecule has 0 saturated carbocycles. The molecule has 1 aromatic carbocycles. The summed E-state index contributed by atoms with van der Waals surface area (Å²) >= 11 is 0. The van der Waals surface area contributed by atoms with Crippen LogP contribution in [-0.4, -0.2) is 55.5 Å². The number of hydrogen-bond donors (Lipinski definition) is 0. The standard InChI is InChI=1S/C20H32N2O2/c1-3-4-5-13-21-14-6-15-22(17-16-21)20(23)12-9-18-7-10-19(24-2)11-8-18/h7-8,10-11H,3-6,9,12-17H2,1-2H3. The van der Waals surface area contributed by atoms with Crippen molar-refractivity contribution in [1.82, 2.24) is 9.80 Å². The van der Waals surface area contributed by atoms with Gasteiger partial charge in [-0.3, -0.25) is 4.79 Å².